The maximum Gasteiger partial charge on any atom is 0.297 e. The lowest BCUT2D eigenvalue weighted by molar-refractivity contribution is -0.125. The van der Waals surface area contributed by atoms with E-state index in [1.807, 2.05) is 0 Å². The van der Waals surface area contributed by atoms with Gasteiger partial charge in [-0.05, 0) is 6.08 Å². The number of ether oxygens (including phenoxy) is 1. The van der Waals surface area contributed by atoms with Crippen molar-refractivity contribution in [3.05, 3.63) is 12.3 Å². The molecule has 1 aliphatic rings. The van der Waals surface area contributed by atoms with Gasteiger partial charge in [0.1, 0.15) is 0 Å². The number of hydrogen-bond acceptors (Lipinski definition) is 3. The molecule has 0 spiro atoms. The molecule has 4 heteroatoms. The summed E-state index contributed by atoms with van der Waals surface area (Å²) >= 11 is 0. The Bertz CT molecular complexity index is 174. The third-order valence-corrected chi connectivity index (χ3v) is 0.981. The van der Waals surface area contributed by atoms with E-state index in [2.05, 4.69) is 10.2 Å². The van der Waals surface area contributed by atoms with Crippen molar-refractivity contribution in [2.24, 2.45) is 10.2 Å². The summed E-state index contributed by atoms with van der Waals surface area (Å²) in [6.07, 6.45) is 2.47. The van der Waals surface area contributed by atoms with Crippen LogP contribution in [0.3, 0.4) is 0 Å². The Hall–Kier alpha value is -1.03. The highest BCUT2D eigenvalue weighted by Crippen LogP contribution is 2.01. The lowest BCUT2D eigenvalue weighted by Crippen LogP contribution is -2.19. The Morgan fingerprint density at radius 2 is 2.56 bits per heavy atom. The van der Waals surface area contributed by atoms with Crippen molar-refractivity contribution in [1.82, 2.24) is 0 Å². The zero-order chi connectivity index (χ0) is 6.69. The Morgan fingerprint density at radius 1 is 1.78 bits per heavy atom. The Kier molecular flexibility index (Phi) is 1.69. The number of hydrogen-bond donors (Lipinski definition) is 0. The van der Waals surface area contributed by atoms with Gasteiger partial charge in [0.25, 0.3) is 5.91 Å². The van der Waals surface area contributed by atoms with Crippen molar-refractivity contribution >= 4 is 5.91 Å². The summed E-state index contributed by atoms with van der Waals surface area (Å²) in [5.74, 6) is -0.347. The maximum absolute atomic E-state index is 10.6. The van der Waals surface area contributed by atoms with Gasteiger partial charge in [-0.1, -0.05) is 0 Å². The van der Waals surface area contributed by atoms with E-state index in [0.29, 0.717) is 0 Å². The maximum atomic E-state index is 10.6. The van der Waals surface area contributed by atoms with Crippen LogP contribution in [0.4, 0.5) is 0 Å². The van der Waals surface area contributed by atoms with Crippen LogP contribution in [0.15, 0.2) is 22.5 Å². The summed E-state index contributed by atoms with van der Waals surface area (Å²) in [6, 6.07) is 0. The van der Waals surface area contributed by atoms with Gasteiger partial charge in [0.2, 0.25) is 0 Å². The van der Waals surface area contributed by atoms with Gasteiger partial charge in [-0.3, -0.25) is 4.79 Å². The molecule has 0 radical (unpaired) electrons. The molecule has 0 aromatic rings. The molecular weight excluding hydrogens is 120 g/mol. The number of rotatable bonds is 1. The average Bonchev–Trinajstić information content (AvgIpc) is 1.89. The summed E-state index contributed by atoms with van der Waals surface area (Å²) in [6.45, 7) is 0. The molecular formula is C5H6N2O2. The highest BCUT2D eigenvalue weighted by Gasteiger charge is 2.15. The van der Waals surface area contributed by atoms with Crippen LogP contribution in [0, 0.1) is 0 Å². The van der Waals surface area contributed by atoms with Crippen LogP contribution in [-0.2, 0) is 9.53 Å². The van der Waals surface area contributed by atoms with Crippen molar-refractivity contribution in [2.75, 3.05) is 7.11 Å². The van der Waals surface area contributed by atoms with Crippen LogP contribution in [-0.4, -0.2) is 19.1 Å². The van der Waals surface area contributed by atoms with E-state index >= 15 is 0 Å². The van der Waals surface area contributed by atoms with Crippen LogP contribution < -0.4 is 0 Å². The minimum Gasteiger partial charge on any atom is -0.367 e. The van der Waals surface area contributed by atoms with E-state index in [1.54, 1.807) is 6.08 Å². The molecule has 1 heterocycles. The van der Waals surface area contributed by atoms with Gasteiger partial charge < -0.3 is 4.74 Å². The van der Waals surface area contributed by atoms with Gasteiger partial charge in [0.05, 0.1) is 0 Å². The SMILES string of the molecule is COC1C=CN=NC1=O. The van der Waals surface area contributed by atoms with Crippen LogP contribution in [0.2, 0.25) is 0 Å². The molecule has 1 aliphatic heterocycles. The molecule has 1 rings (SSSR count). The summed E-state index contributed by atoms with van der Waals surface area (Å²) < 4.78 is 4.71. The zero-order valence-electron chi connectivity index (χ0n) is 4.94. The minimum atomic E-state index is -0.525. The Balaban J connectivity index is 2.66. The minimum absolute atomic E-state index is 0.347. The fraction of sp³-hybridized carbons (Fsp3) is 0.400. The second-order valence-corrected chi connectivity index (χ2v) is 1.55. The summed E-state index contributed by atoms with van der Waals surface area (Å²) in [5.41, 5.74) is 0. The van der Waals surface area contributed by atoms with E-state index in [4.69, 9.17) is 4.74 Å². The van der Waals surface area contributed by atoms with Gasteiger partial charge >= 0.3 is 0 Å². The fourth-order valence-electron chi connectivity index (χ4n) is 0.526. The second-order valence-electron chi connectivity index (χ2n) is 1.55. The van der Waals surface area contributed by atoms with Gasteiger partial charge in [0.15, 0.2) is 6.10 Å². The third kappa shape index (κ3) is 1.20. The summed E-state index contributed by atoms with van der Waals surface area (Å²) in [5, 5.41) is 6.63. The fourth-order valence-corrected chi connectivity index (χ4v) is 0.526. The number of carbonyl (C=O) groups excluding carboxylic acids is 1. The van der Waals surface area contributed by atoms with E-state index in [-0.39, 0.29) is 5.91 Å². The number of nitrogens with zero attached hydrogens (tertiary/aromatic N) is 2. The lowest BCUT2D eigenvalue weighted by atomic mass is 10.3. The van der Waals surface area contributed by atoms with Crippen molar-refractivity contribution in [1.29, 1.82) is 0 Å². The summed E-state index contributed by atoms with van der Waals surface area (Å²) in [7, 11) is 1.45. The van der Waals surface area contributed by atoms with Gasteiger partial charge in [-0.15, -0.1) is 5.11 Å². The molecule has 4 nitrogen and oxygen atoms in total. The van der Waals surface area contributed by atoms with Gasteiger partial charge in [-0.25, -0.2) is 0 Å². The Morgan fingerprint density at radius 3 is 3.00 bits per heavy atom. The molecule has 9 heavy (non-hydrogen) atoms. The van der Waals surface area contributed by atoms with E-state index < -0.39 is 6.10 Å². The van der Waals surface area contributed by atoms with Crippen molar-refractivity contribution < 1.29 is 9.53 Å². The molecule has 0 aromatic carbocycles. The first-order valence-electron chi connectivity index (χ1n) is 2.49. The first-order valence-corrected chi connectivity index (χ1v) is 2.49. The van der Waals surface area contributed by atoms with Crippen molar-refractivity contribution in [3.63, 3.8) is 0 Å². The van der Waals surface area contributed by atoms with Crippen LogP contribution >= 0.6 is 0 Å². The predicted octanol–water partition coefficient (Wildman–Crippen LogP) is 0.508. The molecule has 0 N–H and O–H groups in total. The molecule has 48 valence electrons. The molecule has 1 amide bonds. The molecule has 0 aliphatic carbocycles. The zero-order valence-corrected chi connectivity index (χ0v) is 4.94. The van der Waals surface area contributed by atoms with Crippen molar-refractivity contribution in [2.45, 2.75) is 6.10 Å². The lowest BCUT2D eigenvalue weighted by Gasteiger charge is -2.05. The molecule has 0 saturated heterocycles. The Labute approximate surface area is 52.2 Å². The van der Waals surface area contributed by atoms with Gasteiger partial charge in [-0.2, -0.15) is 5.11 Å². The number of carbonyl (C=O) groups is 1. The van der Waals surface area contributed by atoms with E-state index in [0.717, 1.165) is 0 Å². The highest BCUT2D eigenvalue weighted by atomic mass is 16.5. The van der Waals surface area contributed by atoms with E-state index in [9.17, 15) is 4.79 Å². The molecule has 0 saturated carbocycles. The standard InChI is InChI=1S/C5H6N2O2/c1-9-4-2-3-6-7-5(4)8/h2-4H,1H3. The van der Waals surface area contributed by atoms with Gasteiger partial charge in [0, 0.05) is 13.3 Å². The molecule has 0 fully saturated rings. The monoisotopic (exact) mass is 126 g/mol. The van der Waals surface area contributed by atoms with Crippen LogP contribution in [0.5, 0.6) is 0 Å². The smallest absolute Gasteiger partial charge is 0.297 e. The highest BCUT2D eigenvalue weighted by molar-refractivity contribution is 5.83. The normalized spacial score (nSPS) is 25.0. The largest absolute Gasteiger partial charge is 0.367 e. The van der Waals surface area contributed by atoms with Crippen LogP contribution in [0.25, 0.3) is 0 Å². The summed E-state index contributed by atoms with van der Waals surface area (Å²) in [4.78, 5) is 10.6. The van der Waals surface area contributed by atoms with Crippen molar-refractivity contribution in [3.8, 4) is 0 Å². The second kappa shape index (κ2) is 2.50. The number of azo groups is 1. The first-order chi connectivity index (χ1) is 4.34. The topological polar surface area (TPSA) is 51.0 Å². The molecule has 0 bridgehead atoms. The quantitative estimate of drug-likeness (QED) is 0.514. The molecule has 1 unspecified atom stereocenters. The molecule has 0 aromatic heterocycles. The number of amides is 1. The number of methoxy groups -OCH3 is 1. The van der Waals surface area contributed by atoms with E-state index in [1.165, 1.54) is 13.3 Å². The van der Waals surface area contributed by atoms with Crippen LogP contribution in [0.1, 0.15) is 0 Å². The molecule has 1 atom stereocenters. The first kappa shape index (κ1) is 6.10. The third-order valence-electron chi connectivity index (χ3n) is 0.981. The predicted molar refractivity (Wildman–Crippen MR) is 29.8 cm³/mol. The average molecular weight is 126 g/mol.